The highest BCUT2D eigenvalue weighted by atomic mass is 79.9. The summed E-state index contributed by atoms with van der Waals surface area (Å²) in [5.41, 5.74) is 1.78. The van der Waals surface area contributed by atoms with Crippen molar-refractivity contribution in [3.05, 3.63) is 48.0 Å². The molecule has 1 unspecified atom stereocenters. The fourth-order valence-corrected chi connectivity index (χ4v) is 3.24. The lowest BCUT2D eigenvalue weighted by molar-refractivity contribution is -0.115. The molecule has 26 heavy (non-hydrogen) atoms. The number of ether oxygens (including phenoxy) is 1. The zero-order valence-corrected chi connectivity index (χ0v) is 16.5. The standard InChI is InChI=1S/C18H16BrN3O3S/c1-10(19)16(23)20-12-5-3-4-11(8-12)17(24)22-18-21-14-7-6-13(25-2)9-15(14)26-18/h3-10H,1-2H3,(H,20,23)(H,21,22,24). The summed E-state index contributed by atoms with van der Waals surface area (Å²) in [6.07, 6.45) is 0. The van der Waals surface area contributed by atoms with E-state index in [0.717, 1.165) is 16.0 Å². The van der Waals surface area contributed by atoms with E-state index in [1.54, 1.807) is 38.3 Å². The molecule has 134 valence electrons. The summed E-state index contributed by atoms with van der Waals surface area (Å²) < 4.78 is 6.12. The predicted molar refractivity (Wildman–Crippen MR) is 108 cm³/mol. The summed E-state index contributed by atoms with van der Waals surface area (Å²) in [7, 11) is 1.60. The normalized spacial score (nSPS) is 11.8. The van der Waals surface area contributed by atoms with Crippen molar-refractivity contribution < 1.29 is 14.3 Å². The van der Waals surface area contributed by atoms with Crippen LogP contribution in [-0.4, -0.2) is 28.7 Å². The monoisotopic (exact) mass is 433 g/mol. The zero-order chi connectivity index (χ0) is 18.7. The molecule has 3 aromatic rings. The predicted octanol–water partition coefficient (Wildman–Crippen LogP) is 4.28. The number of amides is 2. The SMILES string of the molecule is COc1ccc2nc(NC(=O)c3cccc(NC(=O)C(C)Br)c3)sc2c1. The highest BCUT2D eigenvalue weighted by molar-refractivity contribution is 9.10. The first kappa shape index (κ1) is 18.3. The van der Waals surface area contributed by atoms with Gasteiger partial charge in [0.05, 0.1) is 22.2 Å². The largest absolute Gasteiger partial charge is 0.497 e. The Balaban J connectivity index is 1.76. The van der Waals surface area contributed by atoms with Crippen molar-refractivity contribution in [3.63, 3.8) is 0 Å². The number of fused-ring (bicyclic) bond motifs is 1. The summed E-state index contributed by atoms with van der Waals surface area (Å²) in [5, 5.41) is 6.04. The molecule has 0 fully saturated rings. The van der Waals surface area contributed by atoms with Crippen LogP contribution in [0.1, 0.15) is 17.3 Å². The number of anilines is 2. The van der Waals surface area contributed by atoms with Gasteiger partial charge in [0.1, 0.15) is 5.75 Å². The number of alkyl halides is 1. The average molecular weight is 434 g/mol. The third-order valence-electron chi connectivity index (χ3n) is 3.57. The van der Waals surface area contributed by atoms with Crippen molar-refractivity contribution in [1.29, 1.82) is 0 Å². The van der Waals surface area contributed by atoms with Crippen LogP contribution in [0.3, 0.4) is 0 Å². The topological polar surface area (TPSA) is 80.3 Å². The first-order chi connectivity index (χ1) is 12.5. The van der Waals surface area contributed by atoms with Gasteiger partial charge in [-0.05, 0) is 43.3 Å². The molecule has 0 saturated carbocycles. The van der Waals surface area contributed by atoms with Gasteiger partial charge >= 0.3 is 0 Å². The number of rotatable bonds is 5. The average Bonchev–Trinajstić information content (AvgIpc) is 3.02. The van der Waals surface area contributed by atoms with E-state index < -0.39 is 0 Å². The number of nitrogens with zero attached hydrogens (tertiary/aromatic N) is 1. The number of carbonyl (C=O) groups excluding carboxylic acids is 2. The Hall–Kier alpha value is -2.45. The molecule has 2 N–H and O–H groups in total. The van der Waals surface area contributed by atoms with Crippen LogP contribution in [0.5, 0.6) is 5.75 Å². The number of carbonyl (C=O) groups is 2. The minimum atomic E-state index is -0.320. The first-order valence-electron chi connectivity index (χ1n) is 7.77. The number of aromatic nitrogens is 1. The van der Waals surface area contributed by atoms with E-state index in [4.69, 9.17) is 4.74 Å². The lowest BCUT2D eigenvalue weighted by Crippen LogP contribution is -2.20. The van der Waals surface area contributed by atoms with Gasteiger partial charge in [0.25, 0.3) is 5.91 Å². The Bertz CT molecular complexity index is 971. The molecule has 3 rings (SSSR count). The van der Waals surface area contributed by atoms with Crippen molar-refractivity contribution in [2.45, 2.75) is 11.8 Å². The molecule has 6 nitrogen and oxygen atoms in total. The van der Waals surface area contributed by atoms with Gasteiger partial charge in [-0.25, -0.2) is 4.98 Å². The Morgan fingerprint density at radius 1 is 1.19 bits per heavy atom. The molecule has 1 atom stereocenters. The van der Waals surface area contributed by atoms with Gasteiger partial charge in [0.15, 0.2) is 5.13 Å². The molecular formula is C18H16BrN3O3S. The number of hydrogen-bond acceptors (Lipinski definition) is 5. The third-order valence-corrected chi connectivity index (χ3v) is 4.92. The highest BCUT2D eigenvalue weighted by Gasteiger charge is 2.13. The van der Waals surface area contributed by atoms with E-state index in [0.29, 0.717) is 16.4 Å². The van der Waals surface area contributed by atoms with Crippen LogP contribution >= 0.6 is 27.3 Å². The maximum Gasteiger partial charge on any atom is 0.257 e. The van der Waals surface area contributed by atoms with Crippen LogP contribution in [0, 0.1) is 0 Å². The Morgan fingerprint density at radius 3 is 2.73 bits per heavy atom. The van der Waals surface area contributed by atoms with Crippen molar-refractivity contribution in [1.82, 2.24) is 4.98 Å². The lowest BCUT2D eigenvalue weighted by Gasteiger charge is -2.08. The minimum absolute atomic E-state index is 0.178. The van der Waals surface area contributed by atoms with Gasteiger partial charge < -0.3 is 10.1 Å². The smallest absolute Gasteiger partial charge is 0.257 e. The number of halogens is 1. The number of hydrogen-bond donors (Lipinski definition) is 2. The zero-order valence-electron chi connectivity index (χ0n) is 14.1. The van der Waals surface area contributed by atoms with Crippen LogP contribution in [-0.2, 0) is 4.79 Å². The maximum atomic E-state index is 12.5. The van der Waals surface area contributed by atoms with Crippen LogP contribution in [0.2, 0.25) is 0 Å². The van der Waals surface area contributed by atoms with Gasteiger partial charge in [-0.3, -0.25) is 14.9 Å². The van der Waals surface area contributed by atoms with Crippen molar-refractivity contribution in [3.8, 4) is 5.75 Å². The summed E-state index contributed by atoms with van der Waals surface area (Å²) in [6, 6.07) is 12.3. The molecule has 0 saturated heterocycles. The number of nitrogens with one attached hydrogen (secondary N) is 2. The van der Waals surface area contributed by atoms with E-state index in [-0.39, 0.29) is 16.6 Å². The second-order valence-electron chi connectivity index (χ2n) is 5.49. The molecule has 0 aliphatic carbocycles. The second-order valence-corrected chi connectivity index (χ2v) is 7.90. The summed E-state index contributed by atoms with van der Waals surface area (Å²) in [4.78, 5) is 28.3. The van der Waals surface area contributed by atoms with Gasteiger partial charge in [-0.1, -0.05) is 33.3 Å². The van der Waals surface area contributed by atoms with Gasteiger partial charge in [0, 0.05) is 11.3 Å². The molecule has 2 aromatic carbocycles. The van der Waals surface area contributed by atoms with E-state index in [1.165, 1.54) is 11.3 Å². The summed E-state index contributed by atoms with van der Waals surface area (Å²) in [6.45, 7) is 1.73. The second kappa shape index (κ2) is 7.84. The lowest BCUT2D eigenvalue weighted by atomic mass is 10.2. The fourth-order valence-electron chi connectivity index (χ4n) is 2.23. The van der Waals surface area contributed by atoms with Crippen molar-refractivity contribution in [2.24, 2.45) is 0 Å². The Labute approximate surface area is 162 Å². The van der Waals surface area contributed by atoms with Gasteiger partial charge in [0.2, 0.25) is 5.91 Å². The van der Waals surface area contributed by atoms with E-state index in [9.17, 15) is 9.59 Å². The van der Waals surface area contributed by atoms with E-state index in [2.05, 4.69) is 31.5 Å². The van der Waals surface area contributed by atoms with Crippen molar-refractivity contribution in [2.75, 3.05) is 17.7 Å². The van der Waals surface area contributed by atoms with Crippen LogP contribution < -0.4 is 15.4 Å². The molecule has 0 aliphatic rings. The fraction of sp³-hybridized carbons (Fsp3) is 0.167. The number of methoxy groups -OCH3 is 1. The van der Waals surface area contributed by atoms with E-state index in [1.807, 2.05) is 18.2 Å². The molecule has 2 amide bonds. The summed E-state index contributed by atoms with van der Waals surface area (Å²) >= 11 is 4.58. The van der Waals surface area contributed by atoms with Gasteiger partial charge in [-0.15, -0.1) is 0 Å². The van der Waals surface area contributed by atoms with Gasteiger partial charge in [-0.2, -0.15) is 0 Å². The first-order valence-corrected chi connectivity index (χ1v) is 9.50. The minimum Gasteiger partial charge on any atom is -0.497 e. The maximum absolute atomic E-state index is 12.5. The molecular weight excluding hydrogens is 418 g/mol. The molecule has 8 heteroatoms. The van der Waals surface area contributed by atoms with Crippen LogP contribution in [0.15, 0.2) is 42.5 Å². The number of thiazole rings is 1. The molecule has 0 spiro atoms. The molecule has 1 aromatic heterocycles. The van der Waals surface area contributed by atoms with Crippen molar-refractivity contribution >= 4 is 60.1 Å². The van der Waals surface area contributed by atoms with E-state index >= 15 is 0 Å². The molecule has 0 aliphatic heterocycles. The molecule has 0 bridgehead atoms. The highest BCUT2D eigenvalue weighted by Crippen LogP contribution is 2.29. The third kappa shape index (κ3) is 4.20. The quantitative estimate of drug-likeness (QED) is 0.588. The van der Waals surface area contributed by atoms with Crippen LogP contribution in [0.4, 0.5) is 10.8 Å². The Kier molecular flexibility index (Phi) is 5.53. The van der Waals surface area contributed by atoms with Crippen LogP contribution in [0.25, 0.3) is 10.2 Å². The number of benzene rings is 2. The Morgan fingerprint density at radius 2 is 2.00 bits per heavy atom. The summed E-state index contributed by atoms with van der Waals surface area (Å²) in [5.74, 6) is 0.269. The molecule has 1 heterocycles. The molecule has 0 radical (unpaired) electrons.